The fourth-order valence-corrected chi connectivity index (χ4v) is 1.47. The highest BCUT2D eigenvalue weighted by molar-refractivity contribution is 5.96. The van der Waals surface area contributed by atoms with Crippen LogP contribution >= 0.6 is 0 Å². The average Bonchev–Trinajstić information content (AvgIpc) is 2.38. The minimum absolute atomic E-state index is 0.336. The monoisotopic (exact) mass is 259 g/mol. The van der Waals surface area contributed by atoms with Gasteiger partial charge in [0.2, 0.25) is 0 Å². The fraction of sp³-hybridized carbons (Fsp3) is 0.286. The maximum absolute atomic E-state index is 11.8. The highest BCUT2D eigenvalue weighted by atomic mass is 16.5. The zero-order valence-corrected chi connectivity index (χ0v) is 10.5. The molecule has 1 rings (SSSR count). The Morgan fingerprint density at radius 2 is 1.89 bits per heavy atom. The predicted octanol–water partition coefficient (Wildman–Crippen LogP) is 1.39. The number of Topliss-reactive ketones (excluding diaryl/α,β-unsaturated/α-hetero) is 2. The molecular formula is C14H13NO4. The van der Waals surface area contributed by atoms with E-state index >= 15 is 0 Å². The number of ether oxygens (including phenoxy) is 1. The summed E-state index contributed by atoms with van der Waals surface area (Å²) in [4.78, 5) is 33.6. The quantitative estimate of drug-likeness (QED) is 0.569. The lowest BCUT2D eigenvalue weighted by Gasteiger charge is -2.08. The first kappa shape index (κ1) is 14.6. The summed E-state index contributed by atoms with van der Waals surface area (Å²) >= 11 is 0. The first-order chi connectivity index (χ1) is 9.04. The third-order valence-electron chi connectivity index (χ3n) is 2.35. The number of hydrogen-bond donors (Lipinski definition) is 0. The van der Waals surface area contributed by atoms with Crippen LogP contribution in [0, 0.1) is 11.3 Å². The van der Waals surface area contributed by atoms with Crippen molar-refractivity contribution in [3.05, 3.63) is 35.9 Å². The predicted molar refractivity (Wildman–Crippen MR) is 66.1 cm³/mol. The molecule has 0 saturated heterocycles. The fourth-order valence-electron chi connectivity index (χ4n) is 1.47. The summed E-state index contributed by atoms with van der Waals surface area (Å²) in [5.41, 5.74) is 0.553. The minimum atomic E-state index is -0.966. The molecule has 1 atom stereocenters. The maximum Gasteiger partial charge on any atom is 0.313 e. The zero-order chi connectivity index (χ0) is 14.3. The summed E-state index contributed by atoms with van der Waals surface area (Å²) < 4.78 is 4.66. The van der Waals surface area contributed by atoms with Gasteiger partial charge in [-0.25, -0.2) is 0 Å². The maximum atomic E-state index is 11.8. The van der Waals surface area contributed by atoms with Crippen LogP contribution in [0.4, 0.5) is 0 Å². The summed E-state index contributed by atoms with van der Waals surface area (Å²) in [7, 11) is 0. The first-order valence-corrected chi connectivity index (χ1v) is 5.67. The molecule has 0 saturated carbocycles. The van der Waals surface area contributed by atoms with E-state index in [0.717, 1.165) is 0 Å². The van der Waals surface area contributed by atoms with E-state index in [1.54, 1.807) is 30.3 Å². The molecule has 5 heteroatoms. The lowest BCUT2D eigenvalue weighted by atomic mass is 9.97. The molecule has 0 heterocycles. The number of rotatable bonds is 6. The van der Waals surface area contributed by atoms with E-state index in [0.29, 0.717) is 5.56 Å². The summed E-state index contributed by atoms with van der Waals surface area (Å²) in [5.74, 6) is -2.57. The second-order valence-corrected chi connectivity index (χ2v) is 3.98. The van der Waals surface area contributed by atoms with Crippen LogP contribution in [0.25, 0.3) is 0 Å². The molecule has 0 bridgehead atoms. The van der Waals surface area contributed by atoms with E-state index in [1.807, 2.05) is 6.07 Å². The molecule has 0 aromatic heterocycles. The van der Waals surface area contributed by atoms with E-state index in [1.165, 1.54) is 6.92 Å². The van der Waals surface area contributed by atoms with Crippen LogP contribution < -0.4 is 0 Å². The number of esters is 1. The second kappa shape index (κ2) is 7.07. The second-order valence-electron chi connectivity index (χ2n) is 3.98. The van der Waals surface area contributed by atoms with Crippen molar-refractivity contribution in [1.82, 2.24) is 0 Å². The Balaban J connectivity index is 2.59. The molecule has 0 radical (unpaired) electrons. The number of carbonyl (C=O) groups is 3. The van der Waals surface area contributed by atoms with E-state index in [9.17, 15) is 14.4 Å². The molecule has 0 fully saturated rings. The molecule has 19 heavy (non-hydrogen) atoms. The number of carbonyl (C=O) groups excluding carboxylic acids is 3. The van der Waals surface area contributed by atoms with Crippen LogP contribution in [0.1, 0.15) is 24.8 Å². The van der Waals surface area contributed by atoms with Crippen LogP contribution in [0.15, 0.2) is 30.3 Å². The Kier molecular flexibility index (Phi) is 5.42. The smallest absolute Gasteiger partial charge is 0.313 e. The van der Waals surface area contributed by atoms with Crippen LogP contribution in [0.2, 0.25) is 0 Å². The van der Waals surface area contributed by atoms with Crippen molar-refractivity contribution in [1.29, 1.82) is 5.26 Å². The van der Waals surface area contributed by atoms with Gasteiger partial charge in [-0.05, 0) is 12.5 Å². The summed E-state index contributed by atoms with van der Waals surface area (Å²) in [5, 5.41) is 9.00. The van der Waals surface area contributed by atoms with Crippen molar-refractivity contribution in [2.75, 3.05) is 6.61 Å². The van der Waals surface area contributed by atoms with Gasteiger partial charge in [-0.3, -0.25) is 14.4 Å². The molecule has 0 spiro atoms. The van der Waals surface area contributed by atoms with E-state index in [2.05, 4.69) is 4.74 Å². The van der Waals surface area contributed by atoms with E-state index in [-0.39, 0.29) is 12.2 Å². The van der Waals surface area contributed by atoms with Crippen molar-refractivity contribution < 1.29 is 19.1 Å². The Bertz CT molecular complexity index is 516. The van der Waals surface area contributed by atoms with E-state index < -0.39 is 24.3 Å². The van der Waals surface area contributed by atoms with Gasteiger partial charge in [0, 0.05) is 0 Å². The number of hydrogen-bond acceptors (Lipinski definition) is 5. The lowest BCUT2D eigenvalue weighted by Crippen LogP contribution is -2.20. The Morgan fingerprint density at radius 1 is 1.26 bits per heavy atom. The van der Waals surface area contributed by atoms with Crippen LogP contribution in [0.5, 0.6) is 0 Å². The summed E-state index contributed by atoms with van der Waals surface area (Å²) in [6, 6.07) is 10.4. The third kappa shape index (κ3) is 4.72. The number of nitriles is 1. The van der Waals surface area contributed by atoms with Gasteiger partial charge in [0.15, 0.2) is 12.4 Å². The van der Waals surface area contributed by atoms with Gasteiger partial charge in [0.05, 0.1) is 6.07 Å². The lowest BCUT2D eigenvalue weighted by molar-refractivity contribution is -0.149. The molecule has 0 aliphatic rings. The topological polar surface area (TPSA) is 84.2 Å². The van der Waals surface area contributed by atoms with Crippen molar-refractivity contribution >= 4 is 17.5 Å². The van der Waals surface area contributed by atoms with Crippen molar-refractivity contribution in [3.63, 3.8) is 0 Å². The molecule has 5 nitrogen and oxygen atoms in total. The normalized spacial score (nSPS) is 11.2. The van der Waals surface area contributed by atoms with Gasteiger partial charge in [0.25, 0.3) is 0 Å². The molecular weight excluding hydrogens is 246 g/mol. The molecule has 1 aromatic carbocycles. The molecule has 0 amide bonds. The van der Waals surface area contributed by atoms with Gasteiger partial charge in [-0.2, -0.15) is 5.26 Å². The highest BCUT2D eigenvalue weighted by Crippen LogP contribution is 2.15. The van der Waals surface area contributed by atoms with Crippen LogP contribution in [-0.2, 0) is 19.1 Å². The number of nitrogens with zero attached hydrogens (tertiary/aromatic N) is 1. The molecule has 0 aliphatic carbocycles. The third-order valence-corrected chi connectivity index (χ3v) is 2.35. The van der Waals surface area contributed by atoms with E-state index in [4.69, 9.17) is 5.26 Å². The molecule has 1 unspecified atom stereocenters. The molecule has 98 valence electrons. The molecule has 0 N–H and O–H groups in total. The highest BCUT2D eigenvalue weighted by Gasteiger charge is 2.21. The average molecular weight is 259 g/mol. The van der Waals surface area contributed by atoms with Crippen molar-refractivity contribution in [3.8, 4) is 6.07 Å². The van der Waals surface area contributed by atoms with Gasteiger partial charge in [-0.15, -0.1) is 0 Å². The van der Waals surface area contributed by atoms with Gasteiger partial charge < -0.3 is 4.74 Å². The van der Waals surface area contributed by atoms with Gasteiger partial charge >= 0.3 is 5.97 Å². The summed E-state index contributed by atoms with van der Waals surface area (Å²) in [6.45, 7) is 0.754. The standard InChI is InChI=1S/C14H13NO4/c1-10(16)7-14(18)19-9-13(17)12(8-15)11-5-3-2-4-6-11/h2-6,12H,7,9H2,1H3. The van der Waals surface area contributed by atoms with Gasteiger partial charge in [-0.1, -0.05) is 30.3 Å². The van der Waals surface area contributed by atoms with Crippen LogP contribution in [0.3, 0.4) is 0 Å². The van der Waals surface area contributed by atoms with Crippen LogP contribution in [-0.4, -0.2) is 24.1 Å². The molecule has 1 aromatic rings. The van der Waals surface area contributed by atoms with Crippen molar-refractivity contribution in [2.24, 2.45) is 0 Å². The van der Waals surface area contributed by atoms with Crippen molar-refractivity contribution in [2.45, 2.75) is 19.3 Å². The number of benzene rings is 1. The number of ketones is 2. The minimum Gasteiger partial charge on any atom is -0.457 e. The SMILES string of the molecule is CC(=O)CC(=O)OCC(=O)C(C#N)c1ccccc1. The Labute approximate surface area is 110 Å². The Hall–Kier alpha value is -2.48. The molecule has 0 aliphatic heterocycles. The summed E-state index contributed by atoms with van der Waals surface area (Å²) in [6.07, 6.45) is -0.365. The zero-order valence-electron chi connectivity index (χ0n) is 10.5. The largest absolute Gasteiger partial charge is 0.457 e. The first-order valence-electron chi connectivity index (χ1n) is 5.67. The Morgan fingerprint density at radius 3 is 2.42 bits per heavy atom. The van der Waals surface area contributed by atoms with Gasteiger partial charge in [0.1, 0.15) is 18.1 Å².